The molecule has 1 aromatic rings. The van der Waals surface area contributed by atoms with Gasteiger partial charge in [0.05, 0.1) is 13.2 Å². The summed E-state index contributed by atoms with van der Waals surface area (Å²) in [4.78, 5) is 4.21. The minimum absolute atomic E-state index is 0.180. The van der Waals surface area contributed by atoms with E-state index in [1.165, 1.54) is 5.56 Å². The highest BCUT2D eigenvalue weighted by Crippen LogP contribution is 2.20. The molecule has 0 radical (unpaired) electrons. The Morgan fingerprint density at radius 1 is 1.53 bits per heavy atom. The number of aromatic nitrogens is 1. The predicted octanol–water partition coefficient (Wildman–Crippen LogP) is 2.37. The highest BCUT2D eigenvalue weighted by molar-refractivity contribution is 5.23. The third-order valence-corrected chi connectivity index (χ3v) is 2.60. The maximum absolute atomic E-state index is 5.73. The number of pyridine rings is 1. The largest absolute Gasteiger partial charge is 0.472 e. The molecule has 3 heteroatoms. The molecule has 3 nitrogen and oxygen atoms in total. The van der Waals surface area contributed by atoms with Crippen molar-refractivity contribution >= 4 is 0 Å². The number of nitrogens with zero attached hydrogens (tertiary/aromatic N) is 1. The number of hydrogen-bond donors (Lipinski definition) is 0. The average Bonchev–Trinajstić information content (AvgIpc) is 2.71. The van der Waals surface area contributed by atoms with Gasteiger partial charge in [-0.1, -0.05) is 13.8 Å². The van der Waals surface area contributed by atoms with Crippen molar-refractivity contribution in [3.63, 3.8) is 0 Å². The first-order valence-corrected chi connectivity index (χ1v) is 5.46. The first-order valence-electron chi connectivity index (χ1n) is 5.46. The van der Waals surface area contributed by atoms with Gasteiger partial charge in [-0.3, -0.25) is 0 Å². The molecule has 15 heavy (non-hydrogen) atoms. The van der Waals surface area contributed by atoms with Crippen LogP contribution in [0.25, 0.3) is 0 Å². The van der Waals surface area contributed by atoms with E-state index in [-0.39, 0.29) is 6.10 Å². The fraction of sp³-hybridized carbons (Fsp3) is 0.583. The van der Waals surface area contributed by atoms with Gasteiger partial charge in [-0.05, 0) is 17.5 Å². The van der Waals surface area contributed by atoms with E-state index < -0.39 is 0 Å². The molecule has 0 N–H and O–H groups in total. The van der Waals surface area contributed by atoms with Gasteiger partial charge in [0.2, 0.25) is 5.88 Å². The molecule has 0 saturated carbocycles. The minimum atomic E-state index is 0.180. The molecular weight excluding hydrogens is 190 g/mol. The Labute approximate surface area is 90.4 Å². The number of ether oxygens (including phenoxy) is 2. The Morgan fingerprint density at radius 3 is 3.07 bits per heavy atom. The Kier molecular flexibility index (Phi) is 3.21. The van der Waals surface area contributed by atoms with Crippen LogP contribution in [0.4, 0.5) is 0 Å². The van der Waals surface area contributed by atoms with E-state index >= 15 is 0 Å². The molecule has 1 fully saturated rings. The quantitative estimate of drug-likeness (QED) is 0.762. The Bertz CT molecular complexity index is 319. The van der Waals surface area contributed by atoms with Crippen LogP contribution in [0.15, 0.2) is 18.3 Å². The molecule has 1 atom stereocenters. The first kappa shape index (κ1) is 10.4. The molecule has 1 unspecified atom stereocenters. The van der Waals surface area contributed by atoms with Crippen molar-refractivity contribution in [2.75, 3.05) is 13.2 Å². The average molecular weight is 207 g/mol. The number of rotatable bonds is 3. The van der Waals surface area contributed by atoms with Gasteiger partial charge in [0.1, 0.15) is 6.10 Å². The van der Waals surface area contributed by atoms with E-state index in [2.05, 4.69) is 18.8 Å². The molecule has 0 spiro atoms. The smallest absolute Gasteiger partial charge is 0.213 e. The van der Waals surface area contributed by atoms with E-state index in [0.717, 1.165) is 18.9 Å². The lowest BCUT2D eigenvalue weighted by Gasteiger charge is -2.12. The van der Waals surface area contributed by atoms with Gasteiger partial charge in [-0.2, -0.15) is 0 Å². The van der Waals surface area contributed by atoms with Gasteiger partial charge in [0.15, 0.2) is 0 Å². The van der Waals surface area contributed by atoms with Gasteiger partial charge >= 0.3 is 0 Å². The van der Waals surface area contributed by atoms with Gasteiger partial charge in [-0.25, -0.2) is 4.98 Å². The van der Waals surface area contributed by atoms with E-state index in [4.69, 9.17) is 9.47 Å². The summed E-state index contributed by atoms with van der Waals surface area (Å²) < 4.78 is 11.0. The lowest BCUT2D eigenvalue weighted by atomic mass is 10.1. The van der Waals surface area contributed by atoms with Gasteiger partial charge in [0, 0.05) is 18.7 Å². The first-order chi connectivity index (χ1) is 7.25. The minimum Gasteiger partial charge on any atom is -0.472 e. The van der Waals surface area contributed by atoms with Crippen molar-refractivity contribution in [1.82, 2.24) is 4.98 Å². The summed E-state index contributed by atoms with van der Waals surface area (Å²) in [7, 11) is 0. The van der Waals surface area contributed by atoms with Crippen LogP contribution in [0.1, 0.15) is 31.7 Å². The van der Waals surface area contributed by atoms with Crippen LogP contribution in [0.2, 0.25) is 0 Å². The lowest BCUT2D eigenvalue weighted by Crippen LogP contribution is -2.16. The maximum atomic E-state index is 5.73. The molecule has 0 bridgehead atoms. The van der Waals surface area contributed by atoms with Crippen LogP contribution < -0.4 is 4.74 Å². The summed E-state index contributed by atoms with van der Waals surface area (Å²) in [6, 6.07) is 4.05. The second-order valence-electron chi connectivity index (χ2n) is 4.19. The van der Waals surface area contributed by atoms with Gasteiger partial charge in [0.25, 0.3) is 0 Å². The summed E-state index contributed by atoms with van der Waals surface area (Å²) in [5.41, 5.74) is 1.26. The highest BCUT2D eigenvalue weighted by Gasteiger charge is 2.17. The topological polar surface area (TPSA) is 31.4 Å². The standard InChI is InChI=1S/C12H17NO2/c1-9(2)10-3-5-13-12(7-10)15-11-4-6-14-8-11/h3,5,7,9,11H,4,6,8H2,1-2H3. The molecular formula is C12H17NO2. The summed E-state index contributed by atoms with van der Waals surface area (Å²) in [6.07, 6.45) is 2.95. The zero-order valence-electron chi connectivity index (χ0n) is 9.27. The molecule has 0 aliphatic carbocycles. The number of hydrogen-bond acceptors (Lipinski definition) is 3. The van der Waals surface area contributed by atoms with Crippen LogP contribution >= 0.6 is 0 Å². The molecule has 1 aromatic heterocycles. The fourth-order valence-electron chi connectivity index (χ4n) is 1.62. The molecule has 1 aliphatic rings. The molecule has 1 aliphatic heterocycles. The summed E-state index contributed by atoms with van der Waals surface area (Å²) in [5.74, 6) is 1.23. The summed E-state index contributed by atoms with van der Waals surface area (Å²) in [5, 5.41) is 0. The van der Waals surface area contributed by atoms with Crippen LogP contribution in [0, 0.1) is 0 Å². The molecule has 1 saturated heterocycles. The Balaban J connectivity index is 2.04. The monoisotopic (exact) mass is 207 g/mol. The van der Waals surface area contributed by atoms with E-state index in [1.54, 1.807) is 6.20 Å². The SMILES string of the molecule is CC(C)c1ccnc(OC2CCOC2)c1. The second-order valence-corrected chi connectivity index (χ2v) is 4.19. The normalized spacial score (nSPS) is 20.9. The second kappa shape index (κ2) is 4.62. The molecule has 0 aromatic carbocycles. The van der Waals surface area contributed by atoms with E-state index in [1.807, 2.05) is 12.1 Å². The van der Waals surface area contributed by atoms with Crippen LogP contribution in [-0.4, -0.2) is 24.3 Å². The maximum Gasteiger partial charge on any atom is 0.213 e. The van der Waals surface area contributed by atoms with Crippen molar-refractivity contribution in [1.29, 1.82) is 0 Å². The predicted molar refractivity (Wildman–Crippen MR) is 58.2 cm³/mol. The Morgan fingerprint density at radius 2 is 2.40 bits per heavy atom. The third kappa shape index (κ3) is 2.69. The van der Waals surface area contributed by atoms with Gasteiger partial charge < -0.3 is 9.47 Å². The summed E-state index contributed by atoms with van der Waals surface area (Å²) in [6.45, 7) is 5.82. The van der Waals surface area contributed by atoms with Crippen LogP contribution in [0.5, 0.6) is 5.88 Å². The van der Waals surface area contributed by atoms with Crippen molar-refractivity contribution in [2.45, 2.75) is 32.3 Å². The third-order valence-electron chi connectivity index (χ3n) is 2.60. The van der Waals surface area contributed by atoms with Crippen molar-refractivity contribution in [2.24, 2.45) is 0 Å². The molecule has 82 valence electrons. The fourth-order valence-corrected chi connectivity index (χ4v) is 1.62. The van der Waals surface area contributed by atoms with Crippen molar-refractivity contribution < 1.29 is 9.47 Å². The Hall–Kier alpha value is -1.09. The van der Waals surface area contributed by atoms with Crippen molar-refractivity contribution in [3.05, 3.63) is 23.9 Å². The molecule has 0 amide bonds. The zero-order valence-corrected chi connectivity index (χ0v) is 9.27. The molecule has 2 rings (SSSR count). The van der Waals surface area contributed by atoms with Crippen molar-refractivity contribution in [3.8, 4) is 5.88 Å². The molecule has 2 heterocycles. The zero-order chi connectivity index (χ0) is 10.7. The highest BCUT2D eigenvalue weighted by atomic mass is 16.5. The summed E-state index contributed by atoms with van der Waals surface area (Å²) >= 11 is 0. The van der Waals surface area contributed by atoms with E-state index in [9.17, 15) is 0 Å². The van der Waals surface area contributed by atoms with Crippen LogP contribution in [-0.2, 0) is 4.74 Å². The van der Waals surface area contributed by atoms with E-state index in [0.29, 0.717) is 12.5 Å². The van der Waals surface area contributed by atoms with Gasteiger partial charge in [-0.15, -0.1) is 0 Å². The van der Waals surface area contributed by atoms with Crippen LogP contribution in [0.3, 0.4) is 0 Å². The lowest BCUT2D eigenvalue weighted by molar-refractivity contribution is 0.138.